The summed E-state index contributed by atoms with van der Waals surface area (Å²) >= 11 is 0. The third-order valence-electron chi connectivity index (χ3n) is 4.25. The maximum Gasteiger partial charge on any atom is 0.146 e. The maximum atomic E-state index is 4.18. The third kappa shape index (κ3) is 3.55. The highest BCUT2D eigenvalue weighted by Gasteiger charge is 2.17. The highest BCUT2D eigenvalue weighted by molar-refractivity contribution is 4.86. The Morgan fingerprint density at radius 2 is 2.17 bits per heavy atom. The van der Waals surface area contributed by atoms with Gasteiger partial charge in [0.1, 0.15) is 12.2 Å². The Bertz CT molecular complexity index is 347. The molecule has 4 nitrogen and oxygen atoms in total. The van der Waals surface area contributed by atoms with Crippen LogP contribution in [0.15, 0.2) is 6.33 Å². The van der Waals surface area contributed by atoms with Crippen molar-refractivity contribution in [3.8, 4) is 0 Å². The molecule has 1 aromatic rings. The molecule has 0 spiro atoms. The van der Waals surface area contributed by atoms with E-state index < -0.39 is 0 Å². The van der Waals surface area contributed by atoms with E-state index in [0.29, 0.717) is 6.04 Å². The fourth-order valence-corrected chi connectivity index (χ4v) is 2.91. The van der Waals surface area contributed by atoms with Gasteiger partial charge in [-0.3, -0.25) is 0 Å². The molecule has 2 unspecified atom stereocenters. The van der Waals surface area contributed by atoms with Gasteiger partial charge in [-0.1, -0.05) is 26.2 Å². The number of hydrogen-bond donors (Lipinski definition) is 1. The summed E-state index contributed by atoms with van der Waals surface area (Å²) in [6.45, 7) is 6.26. The molecule has 1 heterocycles. The Hall–Kier alpha value is -0.900. The van der Waals surface area contributed by atoms with E-state index in [1.165, 1.54) is 38.5 Å². The van der Waals surface area contributed by atoms with Crippen molar-refractivity contribution >= 4 is 0 Å². The summed E-state index contributed by atoms with van der Waals surface area (Å²) in [5.74, 6) is 2.02. The molecule has 1 saturated carbocycles. The van der Waals surface area contributed by atoms with Gasteiger partial charge >= 0.3 is 0 Å². The molecular weight excluding hydrogens is 224 g/mol. The number of rotatable bonds is 5. The number of nitrogens with zero attached hydrogens (tertiary/aromatic N) is 3. The second-order valence-corrected chi connectivity index (χ2v) is 5.39. The SMILES string of the molecule is CCC1CCCC(NCc2nncn2CC)CC1. The van der Waals surface area contributed by atoms with Gasteiger partial charge in [0.15, 0.2) is 0 Å². The molecule has 0 radical (unpaired) electrons. The normalized spacial score (nSPS) is 25.0. The zero-order valence-corrected chi connectivity index (χ0v) is 11.7. The molecule has 1 aliphatic rings. The number of hydrogen-bond acceptors (Lipinski definition) is 3. The number of aromatic nitrogens is 3. The molecule has 4 heteroatoms. The lowest BCUT2D eigenvalue weighted by molar-refractivity contribution is 0.420. The highest BCUT2D eigenvalue weighted by atomic mass is 15.3. The molecule has 1 aromatic heterocycles. The average molecular weight is 250 g/mol. The predicted octanol–water partition coefficient (Wildman–Crippen LogP) is 2.75. The van der Waals surface area contributed by atoms with Gasteiger partial charge in [0.2, 0.25) is 0 Å². The van der Waals surface area contributed by atoms with E-state index in [0.717, 1.165) is 24.8 Å². The van der Waals surface area contributed by atoms with Crippen LogP contribution in [0.1, 0.15) is 58.2 Å². The zero-order valence-electron chi connectivity index (χ0n) is 11.7. The van der Waals surface area contributed by atoms with Crippen LogP contribution in [0, 0.1) is 5.92 Å². The topological polar surface area (TPSA) is 42.7 Å². The Kier molecular flexibility index (Phi) is 5.17. The molecule has 2 rings (SSSR count). The highest BCUT2D eigenvalue weighted by Crippen LogP contribution is 2.25. The fourth-order valence-electron chi connectivity index (χ4n) is 2.91. The van der Waals surface area contributed by atoms with Crippen LogP contribution in [-0.4, -0.2) is 20.8 Å². The van der Waals surface area contributed by atoms with Gasteiger partial charge < -0.3 is 9.88 Å². The van der Waals surface area contributed by atoms with Gasteiger partial charge in [0.05, 0.1) is 6.54 Å². The molecule has 1 aliphatic carbocycles. The van der Waals surface area contributed by atoms with Crippen molar-refractivity contribution in [3.63, 3.8) is 0 Å². The summed E-state index contributed by atoms with van der Waals surface area (Å²) in [5.41, 5.74) is 0. The minimum atomic E-state index is 0.670. The standard InChI is InChI=1S/C14H26N4/c1-3-12-6-5-7-13(9-8-12)15-10-14-17-16-11-18(14)4-2/h11-13,15H,3-10H2,1-2H3. The van der Waals surface area contributed by atoms with Crippen LogP contribution < -0.4 is 5.32 Å². The van der Waals surface area contributed by atoms with Crippen LogP contribution >= 0.6 is 0 Å². The van der Waals surface area contributed by atoms with Crippen molar-refractivity contribution < 1.29 is 0 Å². The Labute approximate surface area is 110 Å². The Balaban J connectivity index is 1.79. The van der Waals surface area contributed by atoms with Crippen molar-refractivity contribution in [2.45, 2.75) is 71.5 Å². The predicted molar refractivity (Wildman–Crippen MR) is 73.2 cm³/mol. The minimum absolute atomic E-state index is 0.670. The lowest BCUT2D eigenvalue weighted by Crippen LogP contribution is -2.29. The summed E-state index contributed by atoms with van der Waals surface area (Å²) in [6, 6.07) is 0.670. The van der Waals surface area contributed by atoms with Crippen LogP contribution in [0.4, 0.5) is 0 Å². The summed E-state index contributed by atoms with van der Waals surface area (Å²) in [7, 11) is 0. The van der Waals surface area contributed by atoms with Crippen LogP contribution in [0.2, 0.25) is 0 Å². The van der Waals surface area contributed by atoms with E-state index >= 15 is 0 Å². The van der Waals surface area contributed by atoms with Gasteiger partial charge in [-0.2, -0.15) is 0 Å². The zero-order chi connectivity index (χ0) is 12.8. The van der Waals surface area contributed by atoms with Gasteiger partial charge in [0.25, 0.3) is 0 Å². The maximum absolute atomic E-state index is 4.18. The lowest BCUT2D eigenvalue weighted by Gasteiger charge is -2.16. The third-order valence-corrected chi connectivity index (χ3v) is 4.25. The summed E-state index contributed by atoms with van der Waals surface area (Å²) in [5, 5.41) is 11.8. The minimum Gasteiger partial charge on any atom is -0.317 e. The van der Waals surface area contributed by atoms with Gasteiger partial charge in [0, 0.05) is 12.6 Å². The van der Waals surface area contributed by atoms with Gasteiger partial charge in [-0.25, -0.2) is 0 Å². The lowest BCUT2D eigenvalue weighted by atomic mass is 9.98. The average Bonchev–Trinajstić information content (AvgIpc) is 2.73. The molecule has 0 bridgehead atoms. The second kappa shape index (κ2) is 6.88. The summed E-state index contributed by atoms with van der Waals surface area (Å²) < 4.78 is 2.11. The quantitative estimate of drug-likeness (QED) is 0.817. The molecule has 0 aromatic carbocycles. The first-order valence-electron chi connectivity index (χ1n) is 7.43. The fraction of sp³-hybridized carbons (Fsp3) is 0.857. The van der Waals surface area contributed by atoms with Crippen LogP contribution in [0.25, 0.3) is 0 Å². The summed E-state index contributed by atoms with van der Waals surface area (Å²) in [4.78, 5) is 0. The Morgan fingerprint density at radius 1 is 1.28 bits per heavy atom. The van der Waals surface area contributed by atoms with Crippen molar-refractivity contribution in [1.82, 2.24) is 20.1 Å². The van der Waals surface area contributed by atoms with Crippen LogP contribution in [0.5, 0.6) is 0 Å². The van der Waals surface area contributed by atoms with Crippen molar-refractivity contribution in [3.05, 3.63) is 12.2 Å². The van der Waals surface area contributed by atoms with E-state index in [9.17, 15) is 0 Å². The first-order chi connectivity index (χ1) is 8.83. The largest absolute Gasteiger partial charge is 0.317 e. The number of aryl methyl sites for hydroxylation is 1. The van der Waals surface area contributed by atoms with E-state index in [2.05, 4.69) is 33.9 Å². The van der Waals surface area contributed by atoms with Crippen LogP contribution in [-0.2, 0) is 13.1 Å². The van der Waals surface area contributed by atoms with Crippen LogP contribution in [0.3, 0.4) is 0 Å². The molecule has 1 fully saturated rings. The number of nitrogens with one attached hydrogen (secondary N) is 1. The molecule has 0 aliphatic heterocycles. The monoisotopic (exact) mass is 250 g/mol. The molecule has 102 valence electrons. The smallest absolute Gasteiger partial charge is 0.146 e. The van der Waals surface area contributed by atoms with Crippen molar-refractivity contribution in [1.29, 1.82) is 0 Å². The van der Waals surface area contributed by atoms with Crippen molar-refractivity contribution in [2.75, 3.05) is 0 Å². The van der Waals surface area contributed by atoms with E-state index in [-0.39, 0.29) is 0 Å². The van der Waals surface area contributed by atoms with Gasteiger partial charge in [-0.05, 0) is 32.1 Å². The molecule has 1 N–H and O–H groups in total. The first-order valence-corrected chi connectivity index (χ1v) is 7.43. The second-order valence-electron chi connectivity index (χ2n) is 5.39. The molecule has 2 atom stereocenters. The Morgan fingerprint density at radius 3 is 2.94 bits per heavy atom. The van der Waals surface area contributed by atoms with E-state index in [1.54, 1.807) is 0 Å². The molecule has 18 heavy (non-hydrogen) atoms. The molecule has 0 saturated heterocycles. The van der Waals surface area contributed by atoms with Crippen molar-refractivity contribution in [2.24, 2.45) is 5.92 Å². The first kappa shape index (κ1) is 13.5. The molecular formula is C14H26N4. The van der Waals surface area contributed by atoms with E-state index in [1.807, 2.05) is 6.33 Å². The van der Waals surface area contributed by atoms with Gasteiger partial charge in [-0.15, -0.1) is 10.2 Å². The summed E-state index contributed by atoms with van der Waals surface area (Å²) in [6.07, 6.45) is 9.97. The van der Waals surface area contributed by atoms with E-state index in [4.69, 9.17) is 0 Å². The molecule has 0 amide bonds.